The fourth-order valence-corrected chi connectivity index (χ4v) is 3.78. The van der Waals surface area contributed by atoms with Crippen LogP contribution >= 0.6 is 0 Å². The quantitative estimate of drug-likeness (QED) is 0.778. The lowest BCUT2D eigenvalue weighted by molar-refractivity contribution is -0.143. The predicted octanol–water partition coefficient (Wildman–Crippen LogP) is 3.44. The third kappa shape index (κ3) is 3.68. The van der Waals surface area contributed by atoms with E-state index in [4.69, 9.17) is 9.47 Å². The standard InChI is InChI=1S/C23H28N2O3/c1-6-16-13-19(25(2)3)11-12-20(16)17-7-9-18(10-8-17)23(28-5)14-21(24-15-23)22(26)27-4/h6-13,21,24H,1,14-15H2,2-5H3/t21-,23-/m0/s1. The number of carbonyl (C=O) groups is 1. The van der Waals surface area contributed by atoms with Gasteiger partial charge in [-0.25, -0.2) is 0 Å². The number of nitrogens with one attached hydrogen (secondary N) is 1. The number of nitrogens with zero attached hydrogens (tertiary/aromatic N) is 1. The molecule has 0 aliphatic carbocycles. The van der Waals surface area contributed by atoms with Crippen molar-refractivity contribution in [2.24, 2.45) is 0 Å². The molecule has 0 amide bonds. The van der Waals surface area contributed by atoms with E-state index in [1.807, 2.05) is 20.2 Å². The molecule has 1 fully saturated rings. The first kappa shape index (κ1) is 20.1. The molecule has 0 aromatic heterocycles. The molecule has 0 radical (unpaired) electrons. The average Bonchev–Trinajstić information content (AvgIpc) is 3.18. The summed E-state index contributed by atoms with van der Waals surface area (Å²) >= 11 is 0. The van der Waals surface area contributed by atoms with Crippen LogP contribution in [0.15, 0.2) is 49.0 Å². The van der Waals surface area contributed by atoms with Crippen molar-refractivity contribution in [2.75, 3.05) is 39.8 Å². The van der Waals surface area contributed by atoms with E-state index in [0.29, 0.717) is 13.0 Å². The molecule has 2 atom stereocenters. The fourth-order valence-electron chi connectivity index (χ4n) is 3.78. The smallest absolute Gasteiger partial charge is 0.322 e. The van der Waals surface area contributed by atoms with Gasteiger partial charge in [-0.3, -0.25) is 4.79 Å². The van der Waals surface area contributed by atoms with Crippen LogP contribution in [0.25, 0.3) is 17.2 Å². The van der Waals surface area contributed by atoms with Gasteiger partial charge in [0.25, 0.3) is 0 Å². The maximum Gasteiger partial charge on any atom is 0.322 e. The molecule has 1 heterocycles. The Bertz CT molecular complexity index is 861. The minimum Gasteiger partial charge on any atom is -0.468 e. The normalized spacial score (nSPS) is 21.4. The SMILES string of the molecule is C=Cc1cc(N(C)C)ccc1-c1ccc([C@@]2(OC)CN[C@H](C(=O)OC)C2)cc1. The second kappa shape index (κ2) is 8.17. The Morgan fingerprint density at radius 2 is 1.93 bits per heavy atom. The van der Waals surface area contributed by atoms with E-state index in [1.54, 1.807) is 7.11 Å². The van der Waals surface area contributed by atoms with Crippen LogP contribution in [-0.4, -0.2) is 46.9 Å². The lowest BCUT2D eigenvalue weighted by atomic mass is 9.89. The molecule has 1 N–H and O–H groups in total. The lowest BCUT2D eigenvalue weighted by Crippen LogP contribution is -2.31. The zero-order valence-electron chi connectivity index (χ0n) is 17.0. The van der Waals surface area contributed by atoms with Crippen molar-refractivity contribution in [2.45, 2.75) is 18.1 Å². The predicted molar refractivity (Wildman–Crippen MR) is 113 cm³/mol. The number of benzene rings is 2. The Morgan fingerprint density at radius 1 is 1.21 bits per heavy atom. The van der Waals surface area contributed by atoms with Crippen molar-refractivity contribution in [3.8, 4) is 11.1 Å². The molecule has 0 unspecified atom stereocenters. The van der Waals surface area contributed by atoms with Crippen molar-refractivity contribution in [3.63, 3.8) is 0 Å². The fraction of sp³-hybridized carbons (Fsp3) is 0.348. The monoisotopic (exact) mass is 380 g/mol. The van der Waals surface area contributed by atoms with E-state index in [9.17, 15) is 4.79 Å². The van der Waals surface area contributed by atoms with Crippen molar-refractivity contribution >= 4 is 17.7 Å². The molecule has 2 aromatic rings. The number of anilines is 1. The number of carbonyl (C=O) groups excluding carboxylic acids is 1. The first-order valence-electron chi connectivity index (χ1n) is 9.35. The zero-order valence-corrected chi connectivity index (χ0v) is 17.0. The summed E-state index contributed by atoms with van der Waals surface area (Å²) in [5.41, 5.74) is 4.99. The summed E-state index contributed by atoms with van der Waals surface area (Å²) in [6.45, 7) is 4.53. The van der Waals surface area contributed by atoms with Crippen molar-refractivity contribution in [1.82, 2.24) is 5.32 Å². The molecule has 0 bridgehead atoms. The highest BCUT2D eigenvalue weighted by Crippen LogP contribution is 2.36. The number of rotatable bonds is 6. The second-order valence-electron chi connectivity index (χ2n) is 7.31. The summed E-state index contributed by atoms with van der Waals surface area (Å²) in [5, 5.41) is 3.21. The van der Waals surface area contributed by atoms with E-state index in [-0.39, 0.29) is 12.0 Å². The molecule has 5 nitrogen and oxygen atoms in total. The first-order chi connectivity index (χ1) is 13.4. The minimum atomic E-state index is -0.534. The van der Waals surface area contributed by atoms with E-state index < -0.39 is 5.60 Å². The van der Waals surface area contributed by atoms with Crippen LogP contribution in [0.2, 0.25) is 0 Å². The maximum absolute atomic E-state index is 11.9. The minimum absolute atomic E-state index is 0.257. The molecule has 0 spiro atoms. The molecular weight excluding hydrogens is 352 g/mol. The van der Waals surface area contributed by atoms with E-state index >= 15 is 0 Å². The van der Waals surface area contributed by atoms with Crippen LogP contribution in [0.4, 0.5) is 5.69 Å². The Hall–Kier alpha value is -2.63. The van der Waals surface area contributed by atoms with Crippen LogP contribution < -0.4 is 10.2 Å². The van der Waals surface area contributed by atoms with Gasteiger partial charge >= 0.3 is 5.97 Å². The largest absolute Gasteiger partial charge is 0.468 e. The topological polar surface area (TPSA) is 50.8 Å². The van der Waals surface area contributed by atoms with Crippen molar-refractivity contribution in [1.29, 1.82) is 0 Å². The van der Waals surface area contributed by atoms with Crippen molar-refractivity contribution < 1.29 is 14.3 Å². The number of esters is 1. The van der Waals surface area contributed by atoms with Gasteiger partial charge in [0.05, 0.1) is 7.11 Å². The summed E-state index contributed by atoms with van der Waals surface area (Å²) < 4.78 is 10.7. The van der Waals surface area contributed by atoms with E-state index in [2.05, 4.69) is 59.3 Å². The molecule has 28 heavy (non-hydrogen) atoms. The van der Waals surface area contributed by atoms with Gasteiger partial charge in [0.2, 0.25) is 0 Å². The molecular formula is C23H28N2O3. The maximum atomic E-state index is 11.9. The molecule has 5 heteroatoms. The third-order valence-electron chi connectivity index (χ3n) is 5.54. The lowest BCUT2D eigenvalue weighted by Gasteiger charge is -2.27. The summed E-state index contributed by atoms with van der Waals surface area (Å²) in [6, 6.07) is 14.4. The van der Waals surface area contributed by atoms with Gasteiger partial charge < -0.3 is 19.7 Å². The molecule has 2 aromatic carbocycles. The molecule has 1 aliphatic heterocycles. The molecule has 0 saturated carbocycles. The third-order valence-corrected chi connectivity index (χ3v) is 5.54. The van der Waals surface area contributed by atoms with Gasteiger partial charge in [-0.1, -0.05) is 43.0 Å². The van der Waals surface area contributed by atoms with Crippen molar-refractivity contribution in [3.05, 3.63) is 60.2 Å². The highest BCUT2D eigenvalue weighted by atomic mass is 16.5. The molecule has 3 rings (SSSR count). The Kier molecular flexibility index (Phi) is 5.87. The number of ether oxygens (including phenoxy) is 2. The van der Waals surface area contributed by atoms with E-state index in [0.717, 1.165) is 27.9 Å². The second-order valence-corrected chi connectivity index (χ2v) is 7.31. The van der Waals surface area contributed by atoms with Crippen LogP contribution in [0.1, 0.15) is 17.5 Å². The van der Waals surface area contributed by atoms with Gasteiger partial charge in [-0.15, -0.1) is 0 Å². The Morgan fingerprint density at radius 3 is 2.50 bits per heavy atom. The summed E-state index contributed by atoms with van der Waals surface area (Å²) in [5.74, 6) is -0.257. The number of hydrogen-bond acceptors (Lipinski definition) is 5. The highest BCUT2D eigenvalue weighted by Gasteiger charge is 2.43. The van der Waals surface area contributed by atoms with Gasteiger partial charge in [-0.2, -0.15) is 0 Å². The van der Waals surface area contributed by atoms with Crippen LogP contribution in [0.5, 0.6) is 0 Å². The van der Waals surface area contributed by atoms with Gasteiger partial charge in [0.1, 0.15) is 11.6 Å². The van der Waals surface area contributed by atoms with Crippen LogP contribution in [0.3, 0.4) is 0 Å². The highest BCUT2D eigenvalue weighted by molar-refractivity contribution is 5.78. The summed E-state index contributed by atoms with van der Waals surface area (Å²) in [7, 11) is 7.14. The summed E-state index contributed by atoms with van der Waals surface area (Å²) in [4.78, 5) is 14.0. The molecule has 1 saturated heterocycles. The Labute approximate surface area is 167 Å². The molecule has 1 aliphatic rings. The number of methoxy groups -OCH3 is 2. The van der Waals surface area contributed by atoms with Gasteiger partial charge in [0, 0.05) is 39.9 Å². The molecule has 148 valence electrons. The van der Waals surface area contributed by atoms with Crippen LogP contribution in [-0.2, 0) is 19.9 Å². The average molecular weight is 380 g/mol. The van der Waals surface area contributed by atoms with Gasteiger partial charge in [-0.05, 0) is 34.4 Å². The Balaban J connectivity index is 1.90. The van der Waals surface area contributed by atoms with Gasteiger partial charge in [0.15, 0.2) is 0 Å². The number of hydrogen-bond donors (Lipinski definition) is 1. The van der Waals surface area contributed by atoms with E-state index in [1.165, 1.54) is 7.11 Å². The first-order valence-corrected chi connectivity index (χ1v) is 9.35. The zero-order chi connectivity index (χ0) is 20.3. The van der Waals surface area contributed by atoms with Crippen LogP contribution in [0, 0.1) is 0 Å². The summed E-state index contributed by atoms with van der Waals surface area (Å²) in [6.07, 6.45) is 2.43.